The molecule has 0 atom stereocenters. The van der Waals surface area contributed by atoms with Crippen LogP contribution in [0.4, 0.5) is 5.69 Å². The molecule has 1 amide bonds. The Morgan fingerprint density at radius 2 is 1.95 bits per heavy atom. The minimum absolute atomic E-state index is 0.242. The molecule has 114 valence electrons. The van der Waals surface area contributed by atoms with Crippen LogP contribution in [-0.2, 0) is 4.79 Å². The number of ether oxygens (including phenoxy) is 1. The number of nitriles is 1. The first-order valence-electron chi connectivity index (χ1n) is 7.08. The summed E-state index contributed by atoms with van der Waals surface area (Å²) in [6, 6.07) is 7.57. The molecule has 0 unspecified atom stereocenters. The molecule has 1 aromatic carbocycles. The number of nitrogens with one attached hydrogen (secondary N) is 1. The van der Waals surface area contributed by atoms with Crippen LogP contribution in [0.1, 0.15) is 39.5 Å². The first kappa shape index (κ1) is 17.5. The van der Waals surface area contributed by atoms with E-state index in [0.29, 0.717) is 24.3 Å². The summed E-state index contributed by atoms with van der Waals surface area (Å²) < 4.78 is 5.99. The highest BCUT2D eigenvalue weighted by Gasteiger charge is 2.37. The maximum absolute atomic E-state index is 12.6. The van der Waals surface area contributed by atoms with Gasteiger partial charge in [-0.15, -0.1) is 0 Å². The number of hydrogen-bond donors (Lipinski definition) is 1. The summed E-state index contributed by atoms with van der Waals surface area (Å²) in [6.45, 7) is 3.97. The maximum atomic E-state index is 12.6. The van der Waals surface area contributed by atoms with E-state index in [1.165, 1.54) is 0 Å². The molecule has 0 aliphatic carbocycles. The third-order valence-electron chi connectivity index (χ3n) is 3.37. The Kier molecular flexibility index (Phi) is 6.70. The average Bonchev–Trinajstić information content (AvgIpc) is 2.46. The van der Waals surface area contributed by atoms with Crippen molar-refractivity contribution in [1.29, 1.82) is 5.26 Å². The minimum Gasteiger partial charge on any atom is -0.497 e. The van der Waals surface area contributed by atoms with Crippen molar-refractivity contribution in [3.63, 3.8) is 0 Å². The lowest BCUT2D eigenvalue weighted by Gasteiger charge is -2.24. The zero-order valence-corrected chi connectivity index (χ0v) is 14.3. The van der Waals surface area contributed by atoms with E-state index in [2.05, 4.69) is 27.3 Å². The first-order valence-corrected chi connectivity index (χ1v) is 7.88. The molecule has 4 nitrogen and oxygen atoms in total. The van der Waals surface area contributed by atoms with E-state index in [-0.39, 0.29) is 5.91 Å². The van der Waals surface area contributed by atoms with Crippen LogP contribution in [0.15, 0.2) is 22.7 Å². The van der Waals surface area contributed by atoms with Crippen LogP contribution < -0.4 is 10.1 Å². The summed E-state index contributed by atoms with van der Waals surface area (Å²) in [5.41, 5.74) is -0.336. The van der Waals surface area contributed by atoms with Gasteiger partial charge in [0, 0.05) is 16.2 Å². The summed E-state index contributed by atoms with van der Waals surface area (Å²) in [6.07, 6.45) is 2.72. The molecular formula is C16H21BrN2O2. The van der Waals surface area contributed by atoms with Gasteiger partial charge in [-0.2, -0.15) is 5.26 Å². The van der Waals surface area contributed by atoms with E-state index in [1.807, 2.05) is 19.9 Å². The number of benzene rings is 1. The standard InChI is InChI=1S/C16H21BrN2O2/c1-4-6-16(11-18,7-5-2)15(20)19-13-8-12(17)9-14(10-13)21-3/h8-10H,4-7H2,1-3H3,(H,19,20). The monoisotopic (exact) mass is 352 g/mol. The Morgan fingerprint density at radius 3 is 2.43 bits per heavy atom. The zero-order valence-electron chi connectivity index (χ0n) is 12.7. The van der Waals surface area contributed by atoms with Crippen LogP contribution >= 0.6 is 15.9 Å². The van der Waals surface area contributed by atoms with E-state index in [1.54, 1.807) is 19.2 Å². The van der Waals surface area contributed by atoms with Crippen molar-refractivity contribution in [1.82, 2.24) is 0 Å². The lowest BCUT2D eigenvalue weighted by Crippen LogP contribution is -2.35. The average molecular weight is 353 g/mol. The van der Waals surface area contributed by atoms with Gasteiger partial charge in [-0.1, -0.05) is 42.6 Å². The number of amides is 1. The van der Waals surface area contributed by atoms with Gasteiger partial charge in [0.1, 0.15) is 11.2 Å². The minimum atomic E-state index is -0.959. The van der Waals surface area contributed by atoms with Crippen LogP contribution in [0, 0.1) is 16.7 Å². The van der Waals surface area contributed by atoms with Crippen molar-refractivity contribution in [2.45, 2.75) is 39.5 Å². The molecule has 0 aliphatic rings. The van der Waals surface area contributed by atoms with Crippen LogP contribution in [0.5, 0.6) is 5.75 Å². The number of carbonyl (C=O) groups is 1. The highest BCUT2D eigenvalue weighted by Crippen LogP contribution is 2.32. The number of methoxy groups -OCH3 is 1. The Hall–Kier alpha value is -1.54. The molecular weight excluding hydrogens is 332 g/mol. The summed E-state index contributed by atoms with van der Waals surface area (Å²) in [5.74, 6) is 0.405. The molecule has 0 saturated carbocycles. The predicted molar refractivity (Wildman–Crippen MR) is 87.2 cm³/mol. The van der Waals surface area contributed by atoms with Gasteiger partial charge in [0.25, 0.3) is 0 Å². The fourth-order valence-electron chi connectivity index (χ4n) is 2.37. The van der Waals surface area contributed by atoms with Gasteiger partial charge in [0.2, 0.25) is 5.91 Å². The Labute approximate surface area is 134 Å². The third-order valence-corrected chi connectivity index (χ3v) is 3.82. The third kappa shape index (κ3) is 4.47. The molecule has 1 aromatic rings. The largest absolute Gasteiger partial charge is 0.497 e. The highest BCUT2D eigenvalue weighted by molar-refractivity contribution is 9.10. The molecule has 0 bridgehead atoms. The zero-order chi connectivity index (χ0) is 15.9. The summed E-state index contributed by atoms with van der Waals surface area (Å²) in [5, 5.41) is 12.3. The van der Waals surface area contributed by atoms with Crippen LogP contribution in [-0.4, -0.2) is 13.0 Å². The fourth-order valence-corrected chi connectivity index (χ4v) is 2.84. The summed E-state index contributed by atoms with van der Waals surface area (Å²) >= 11 is 3.38. The second kappa shape index (κ2) is 8.04. The van der Waals surface area contributed by atoms with Gasteiger partial charge in [0.05, 0.1) is 13.2 Å². The Morgan fingerprint density at radius 1 is 1.33 bits per heavy atom. The molecule has 0 radical (unpaired) electrons. The Balaban J connectivity index is 3.01. The molecule has 5 heteroatoms. The van der Waals surface area contributed by atoms with Crippen molar-refractivity contribution >= 4 is 27.5 Å². The highest BCUT2D eigenvalue weighted by atomic mass is 79.9. The number of rotatable bonds is 7. The smallest absolute Gasteiger partial charge is 0.244 e. The van der Waals surface area contributed by atoms with E-state index < -0.39 is 5.41 Å². The number of nitrogens with zero attached hydrogens (tertiary/aromatic N) is 1. The summed E-state index contributed by atoms with van der Waals surface area (Å²) in [4.78, 5) is 12.6. The van der Waals surface area contributed by atoms with E-state index in [4.69, 9.17) is 4.74 Å². The second-order valence-electron chi connectivity index (χ2n) is 5.03. The van der Waals surface area contributed by atoms with Crippen molar-refractivity contribution in [3.8, 4) is 11.8 Å². The van der Waals surface area contributed by atoms with Crippen LogP contribution in [0.2, 0.25) is 0 Å². The van der Waals surface area contributed by atoms with E-state index in [9.17, 15) is 10.1 Å². The Bertz CT molecular complexity index is 532. The molecule has 0 aliphatic heterocycles. The first-order chi connectivity index (χ1) is 10.0. The van der Waals surface area contributed by atoms with Gasteiger partial charge < -0.3 is 10.1 Å². The van der Waals surface area contributed by atoms with Gasteiger partial charge in [0.15, 0.2) is 0 Å². The van der Waals surface area contributed by atoms with Gasteiger partial charge in [-0.05, 0) is 25.0 Å². The SMILES string of the molecule is CCCC(C#N)(CCC)C(=O)Nc1cc(Br)cc(OC)c1. The molecule has 1 N–H and O–H groups in total. The van der Waals surface area contributed by atoms with Crippen molar-refractivity contribution in [2.75, 3.05) is 12.4 Å². The molecule has 0 heterocycles. The predicted octanol–water partition coefficient (Wildman–Crippen LogP) is 4.51. The van der Waals surface area contributed by atoms with Gasteiger partial charge in [-0.3, -0.25) is 4.79 Å². The van der Waals surface area contributed by atoms with E-state index >= 15 is 0 Å². The van der Waals surface area contributed by atoms with Gasteiger partial charge in [-0.25, -0.2) is 0 Å². The van der Waals surface area contributed by atoms with E-state index in [0.717, 1.165) is 17.3 Å². The quantitative estimate of drug-likeness (QED) is 0.785. The number of carbonyl (C=O) groups excluding carboxylic acids is 1. The lowest BCUT2D eigenvalue weighted by atomic mass is 9.79. The second-order valence-corrected chi connectivity index (χ2v) is 5.94. The van der Waals surface area contributed by atoms with Crippen LogP contribution in [0.3, 0.4) is 0 Å². The summed E-state index contributed by atoms with van der Waals surface area (Å²) in [7, 11) is 1.57. The van der Waals surface area contributed by atoms with Gasteiger partial charge >= 0.3 is 0 Å². The number of halogens is 1. The van der Waals surface area contributed by atoms with Crippen molar-refractivity contribution in [2.24, 2.45) is 5.41 Å². The normalized spacial score (nSPS) is 10.8. The number of hydrogen-bond acceptors (Lipinski definition) is 3. The number of anilines is 1. The molecule has 21 heavy (non-hydrogen) atoms. The van der Waals surface area contributed by atoms with Crippen molar-refractivity contribution in [3.05, 3.63) is 22.7 Å². The lowest BCUT2D eigenvalue weighted by molar-refractivity contribution is -0.123. The maximum Gasteiger partial charge on any atom is 0.244 e. The molecule has 0 spiro atoms. The fraction of sp³-hybridized carbons (Fsp3) is 0.500. The molecule has 0 aromatic heterocycles. The molecule has 0 fully saturated rings. The van der Waals surface area contributed by atoms with Crippen LogP contribution in [0.25, 0.3) is 0 Å². The molecule has 1 rings (SSSR count). The van der Waals surface area contributed by atoms with Crippen molar-refractivity contribution < 1.29 is 9.53 Å². The molecule has 0 saturated heterocycles. The topological polar surface area (TPSA) is 62.1 Å².